The van der Waals surface area contributed by atoms with Crippen molar-refractivity contribution >= 4 is 16.9 Å². The summed E-state index contributed by atoms with van der Waals surface area (Å²) >= 11 is 0. The number of amides is 1. The van der Waals surface area contributed by atoms with E-state index in [1.54, 1.807) is 29.1 Å². The van der Waals surface area contributed by atoms with Crippen LogP contribution >= 0.6 is 0 Å². The summed E-state index contributed by atoms with van der Waals surface area (Å²) < 4.78 is 12.4. The maximum atomic E-state index is 12.5. The fourth-order valence-corrected chi connectivity index (χ4v) is 2.54. The van der Waals surface area contributed by atoms with Crippen molar-refractivity contribution in [2.24, 2.45) is 0 Å². The lowest BCUT2D eigenvalue weighted by Gasteiger charge is -2.08. The minimum absolute atomic E-state index is 0.275. The molecule has 0 aliphatic rings. The van der Waals surface area contributed by atoms with Gasteiger partial charge in [0.1, 0.15) is 11.3 Å². The molecule has 0 aliphatic heterocycles. The number of rotatable bonds is 6. The maximum absolute atomic E-state index is 12.5. The van der Waals surface area contributed by atoms with Crippen LogP contribution in [0.15, 0.2) is 45.9 Å². The van der Waals surface area contributed by atoms with Crippen molar-refractivity contribution in [3.8, 4) is 5.75 Å². The molecule has 25 heavy (non-hydrogen) atoms. The maximum Gasteiger partial charge on any atom is 0.337 e. The van der Waals surface area contributed by atoms with Gasteiger partial charge in [-0.15, -0.1) is 0 Å². The van der Waals surface area contributed by atoms with E-state index in [0.717, 1.165) is 12.1 Å². The van der Waals surface area contributed by atoms with Crippen molar-refractivity contribution in [3.63, 3.8) is 0 Å². The van der Waals surface area contributed by atoms with E-state index in [4.69, 9.17) is 9.15 Å². The monoisotopic (exact) mass is 341 g/mol. The molecule has 0 atom stereocenters. The molecule has 0 saturated heterocycles. The Kier molecular flexibility index (Phi) is 4.83. The number of ether oxygens (including phenoxy) is 1. The highest BCUT2D eigenvalue weighted by Crippen LogP contribution is 2.22. The zero-order chi connectivity index (χ0) is 17.8. The molecule has 7 nitrogen and oxygen atoms in total. The lowest BCUT2D eigenvalue weighted by Crippen LogP contribution is -2.24. The molecule has 0 saturated carbocycles. The average molecular weight is 341 g/mol. The van der Waals surface area contributed by atoms with Crippen molar-refractivity contribution in [1.82, 2.24) is 15.1 Å². The van der Waals surface area contributed by atoms with E-state index in [1.165, 1.54) is 6.07 Å². The van der Waals surface area contributed by atoms with Gasteiger partial charge in [-0.2, -0.15) is 5.10 Å². The van der Waals surface area contributed by atoms with Gasteiger partial charge in [-0.25, -0.2) is 4.79 Å². The van der Waals surface area contributed by atoms with Crippen LogP contribution < -0.4 is 15.7 Å². The number of benzene rings is 1. The molecule has 0 radical (unpaired) electrons. The minimum atomic E-state index is -0.579. The minimum Gasteiger partial charge on any atom is -0.494 e. The number of carbonyl (C=O) groups is 1. The molecule has 1 aromatic carbocycles. The summed E-state index contributed by atoms with van der Waals surface area (Å²) in [6.45, 7) is 5.45. The Balaban J connectivity index is 1.86. The molecule has 1 N–H and O–H groups in total. The first-order valence-electron chi connectivity index (χ1n) is 8.11. The fraction of sp³-hybridized carbons (Fsp3) is 0.278. The SMILES string of the molecule is CCOc1ccc2c(C(=O)NCc3cnn(CC)c3)cc(=O)oc2c1. The molecule has 2 heterocycles. The van der Waals surface area contributed by atoms with Crippen LogP contribution in [0.1, 0.15) is 29.8 Å². The van der Waals surface area contributed by atoms with Crippen LogP contribution in [0.25, 0.3) is 11.0 Å². The highest BCUT2D eigenvalue weighted by molar-refractivity contribution is 6.05. The van der Waals surface area contributed by atoms with E-state index in [-0.39, 0.29) is 11.5 Å². The third-order valence-corrected chi connectivity index (χ3v) is 3.74. The van der Waals surface area contributed by atoms with E-state index in [1.807, 2.05) is 20.0 Å². The molecular weight excluding hydrogens is 322 g/mol. The number of aromatic nitrogens is 2. The van der Waals surface area contributed by atoms with Gasteiger partial charge in [-0.3, -0.25) is 9.48 Å². The highest BCUT2D eigenvalue weighted by atomic mass is 16.5. The van der Waals surface area contributed by atoms with E-state index >= 15 is 0 Å². The standard InChI is InChI=1S/C18H19N3O4/c1-3-21-11-12(10-20-21)9-19-18(23)15-8-17(22)25-16-7-13(24-4-2)5-6-14(15)16/h5-8,10-11H,3-4,9H2,1-2H3,(H,19,23). The number of nitrogens with zero attached hydrogens (tertiary/aromatic N) is 2. The first-order chi connectivity index (χ1) is 12.1. The van der Waals surface area contributed by atoms with Gasteiger partial charge in [-0.05, 0) is 26.0 Å². The summed E-state index contributed by atoms with van der Waals surface area (Å²) in [5.41, 5.74) is 0.908. The molecule has 0 unspecified atom stereocenters. The van der Waals surface area contributed by atoms with Gasteiger partial charge in [0.05, 0.1) is 18.4 Å². The molecule has 0 spiro atoms. The van der Waals surface area contributed by atoms with Gasteiger partial charge in [-0.1, -0.05) is 0 Å². The van der Waals surface area contributed by atoms with Gasteiger partial charge in [0.25, 0.3) is 5.91 Å². The Morgan fingerprint density at radius 1 is 1.32 bits per heavy atom. The first kappa shape index (κ1) is 16.8. The van der Waals surface area contributed by atoms with Gasteiger partial charge in [0.2, 0.25) is 0 Å². The molecule has 7 heteroatoms. The van der Waals surface area contributed by atoms with Gasteiger partial charge in [0, 0.05) is 42.4 Å². The van der Waals surface area contributed by atoms with Crippen molar-refractivity contribution in [2.75, 3.05) is 6.61 Å². The molecule has 0 bridgehead atoms. The second kappa shape index (κ2) is 7.21. The topological polar surface area (TPSA) is 86.4 Å². The number of nitrogens with one attached hydrogen (secondary N) is 1. The van der Waals surface area contributed by atoms with E-state index in [2.05, 4.69) is 10.4 Å². The van der Waals surface area contributed by atoms with Crippen LogP contribution in [0.3, 0.4) is 0 Å². The van der Waals surface area contributed by atoms with Crippen molar-refractivity contribution in [2.45, 2.75) is 26.9 Å². The van der Waals surface area contributed by atoms with Crippen LogP contribution in [0.2, 0.25) is 0 Å². The lowest BCUT2D eigenvalue weighted by atomic mass is 10.1. The Bertz CT molecular complexity index is 958. The number of fused-ring (bicyclic) bond motifs is 1. The fourth-order valence-electron chi connectivity index (χ4n) is 2.54. The summed E-state index contributed by atoms with van der Waals surface area (Å²) in [4.78, 5) is 24.3. The predicted molar refractivity (Wildman–Crippen MR) is 92.7 cm³/mol. The summed E-state index contributed by atoms with van der Waals surface area (Å²) in [5, 5.41) is 7.53. The smallest absolute Gasteiger partial charge is 0.337 e. The molecule has 0 aliphatic carbocycles. The van der Waals surface area contributed by atoms with Crippen LogP contribution in [-0.4, -0.2) is 22.3 Å². The lowest BCUT2D eigenvalue weighted by molar-refractivity contribution is 0.0952. The Morgan fingerprint density at radius 2 is 2.16 bits per heavy atom. The average Bonchev–Trinajstić information content (AvgIpc) is 3.07. The molecular formula is C18H19N3O4. The molecule has 130 valence electrons. The van der Waals surface area contributed by atoms with E-state index < -0.39 is 5.63 Å². The predicted octanol–water partition coefficient (Wildman–Crippen LogP) is 2.34. The van der Waals surface area contributed by atoms with E-state index in [9.17, 15) is 9.59 Å². The first-order valence-corrected chi connectivity index (χ1v) is 8.11. The summed E-state index contributed by atoms with van der Waals surface area (Å²) in [7, 11) is 0. The van der Waals surface area contributed by atoms with Gasteiger partial charge >= 0.3 is 5.63 Å². The van der Waals surface area contributed by atoms with Crippen LogP contribution in [0, 0.1) is 0 Å². The highest BCUT2D eigenvalue weighted by Gasteiger charge is 2.14. The second-order valence-electron chi connectivity index (χ2n) is 5.46. The quantitative estimate of drug-likeness (QED) is 0.696. The number of hydrogen-bond donors (Lipinski definition) is 1. The zero-order valence-corrected chi connectivity index (χ0v) is 14.1. The van der Waals surface area contributed by atoms with Crippen LogP contribution in [0.5, 0.6) is 5.75 Å². The number of aryl methyl sites for hydroxylation is 1. The number of hydrogen-bond acceptors (Lipinski definition) is 5. The molecule has 2 aromatic heterocycles. The third kappa shape index (κ3) is 3.71. The molecule has 3 rings (SSSR count). The Labute approximate surface area is 144 Å². The van der Waals surface area contributed by atoms with Crippen molar-refractivity contribution in [1.29, 1.82) is 0 Å². The molecule has 1 amide bonds. The van der Waals surface area contributed by atoms with Gasteiger partial charge < -0.3 is 14.5 Å². The third-order valence-electron chi connectivity index (χ3n) is 3.74. The molecule has 0 fully saturated rings. The van der Waals surface area contributed by atoms with Crippen LogP contribution in [-0.2, 0) is 13.1 Å². The summed E-state index contributed by atoms with van der Waals surface area (Å²) in [5.74, 6) is 0.244. The van der Waals surface area contributed by atoms with E-state index in [0.29, 0.717) is 29.9 Å². The normalized spacial score (nSPS) is 10.8. The van der Waals surface area contributed by atoms with Crippen molar-refractivity contribution < 1.29 is 13.9 Å². The van der Waals surface area contributed by atoms with Crippen LogP contribution in [0.4, 0.5) is 0 Å². The summed E-state index contributed by atoms with van der Waals surface area (Å²) in [6.07, 6.45) is 3.57. The van der Waals surface area contributed by atoms with Crippen molar-refractivity contribution in [3.05, 3.63) is 58.2 Å². The zero-order valence-electron chi connectivity index (χ0n) is 14.1. The largest absolute Gasteiger partial charge is 0.494 e. The van der Waals surface area contributed by atoms with Gasteiger partial charge in [0.15, 0.2) is 0 Å². The second-order valence-corrected chi connectivity index (χ2v) is 5.46. The Morgan fingerprint density at radius 3 is 2.88 bits per heavy atom. The molecule has 3 aromatic rings. The number of carbonyl (C=O) groups excluding carboxylic acids is 1. The summed E-state index contributed by atoms with van der Waals surface area (Å²) in [6, 6.07) is 6.27. The Hall–Kier alpha value is -3.09.